The van der Waals surface area contributed by atoms with Crippen molar-refractivity contribution < 1.29 is 5.11 Å². The number of hydrogen-bond acceptors (Lipinski definition) is 4. The molecule has 1 fully saturated rings. The predicted molar refractivity (Wildman–Crippen MR) is 97.1 cm³/mol. The van der Waals surface area contributed by atoms with E-state index in [4.69, 9.17) is 0 Å². The van der Waals surface area contributed by atoms with Crippen LogP contribution in [0.2, 0.25) is 0 Å². The summed E-state index contributed by atoms with van der Waals surface area (Å²) >= 11 is 0. The molecule has 0 radical (unpaired) electrons. The Hall–Kier alpha value is -1.43. The summed E-state index contributed by atoms with van der Waals surface area (Å²) in [6.45, 7) is 5.58. The molecule has 1 aliphatic rings. The Morgan fingerprint density at radius 2 is 2.17 bits per heavy atom. The first-order valence-corrected chi connectivity index (χ1v) is 9.02. The second-order valence-corrected chi connectivity index (χ2v) is 7.25. The number of piperidine rings is 1. The number of nitrogens with zero attached hydrogens (tertiary/aromatic N) is 4. The van der Waals surface area contributed by atoms with E-state index in [0.717, 1.165) is 43.8 Å². The molecule has 0 aliphatic carbocycles. The van der Waals surface area contributed by atoms with Crippen LogP contribution in [0.15, 0.2) is 24.4 Å². The van der Waals surface area contributed by atoms with Crippen LogP contribution in [0.25, 0.3) is 5.65 Å². The smallest absolute Gasteiger partial charge is 0.137 e. The average molecular weight is 330 g/mol. The third-order valence-electron chi connectivity index (χ3n) is 5.38. The van der Waals surface area contributed by atoms with E-state index in [9.17, 15) is 5.11 Å². The van der Waals surface area contributed by atoms with Crippen molar-refractivity contribution in [1.29, 1.82) is 0 Å². The second kappa shape index (κ2) is 7.64. The van der Waals surface area contributed by atoms with Gasteiger partial charge < -0.3 is 14.4 Å². The Morgan fingerprint density at radius 3 is 2.92 bits per heavy atom. The Kier molecular flexibility index (Phi) is 5.54. The van der Waals surface area contributed by atoms with Gasteiger partial charge in [-0.2, -0.15) is 0 Å². The van der Waals surface area contributed by atoms with Gasteiger partial charge >= 0.3 is 0 Å². The molecule has 5 nitrogen and oxygen atoms in total. The lowest BCUT2D eigenvalue weighted by Gasteiger charge is -2.41. The molecular weight excluding hydrogens is 300 g/mol. The second-order valence-electron chi connectivity index (χ2n) is 7.25. The van der Waals surface area contributed by atoms with Gasteiger partial charge in [0.05, 0.1) is 11.4 Å². The number of aromatic nitrogens is 2. The van der Waals surface area contributed by atoms with Crippen molar-refractivity contribution in [3.05, 3.63) is 35.8 Å². The molecule has 5 heteroatoms. The monoisotopic (exact) mass is 330 g/mol. The molecule has 3 heterocycles. The molecule has 0 spiro atoms. The van der Waals surface area contributed by atoms with Crippen molar-refractivity contribution in [2.24, 2.45) is 5.92 Å². The van der Waals surface area contributed by atoms with Gasteiger partial charge in [-0.15, -0.1) is 0 Å². The summed E-state index contributed by atoms with van der Waals surface area (Å²) < 4.78 is 2.22. The molecule has 1 N–H and O–H groups in total. The minimum Gasteiger partial charge on any atom is -0.396 e. The zero-order chi connectivity index (χ0) is 17.1. The number of aryl methyl sites for hydroxylation is 1. The number of likely N-dealkylation sites (tertiary alicyclic amines) is 1. The van der Waals surface area contributed by atoms with Crippen molar-refractivity contribution >= 4 is 5.65 Å². The van der Waals surface area contributed by atoms with Crippen LogP contribution >= 0.6 is 0 Å². The van der Waals surface area contributed by atoms with Gasteiger partial charge in [0, 0.05) is 38.5 Å². The van der Waals surface area contributed by atoms with Crippen LogP contribution in [0.1, 0.15) is 30.7 Å². The van der Waals surface area contributed by atoms with Crippen LogP contribution in [0.5, 0.6) is 0 Å². The maximum Gasteiger partial charge on any atom is 0.137 e. The van der Waals surface area contributed by atoms with E-state index < -0.39 is 0 Å². The molecule has 2 aromatic rings. The number of rotatable bonds is 6. The van der Waals surface area contributed by atoms with Crippen LogP contribution in [0, 0.1) is 12.8 Å². The van der Waals surface area contributed by atoms with E-state index in [1.165, 1.54) is 12.1 Å². The summed E-state index contributed by atoms with van der Waals surface area (Å²) in [5.41, 5.74) is 3.46. The molecule has 2 aromatic heterocycles. The lowest BCUT2D eigenvalue weighted by Crippen LogP contribution is -2.48. The molecule has 24 heavy (non-hydrogen) atoms. The van der Waals surface area contributed by atoms with Crippen molar-refractivity contribution in [3.8, 4) is 0 Å². The quantitative estimate of drug-likeness (QED) is 0.882. The third kappa shape index (κ3) is 3.63. The SMILES string of the molecule is Cc1nc2ccccn2c1CN1CC[C@@H](N(C)C)[C@@H](CCCO)C1. The Balaban J connectivity index is 1.74. The van der Waals surface area contributed by atoms with Gasteiger partial charge in [0.25, 0.3) is 0 Å². The number of imidazole rings is 1. The first-order chi connectivity index (χ1) is 11.6. The minimum absolute atomic E-state index is 0.295. The number of fused-ring (bicyclic) bond motifs is 1. The predicted octanol–water partition coefficient (Wildman–Crippen LogP) is 2.17. The van der Waals surface area contributed by atoms with Gasteiger partial charge in [-0.25, -0.2) is 4.98 Å². The van der Waals surface area contributed by atoms with Crippen LogP contribution in [-0.2, 0) is 6.54 Å². The van der Waals surface area contributed by atoms with E-state index in [0.29, 0.717) is 18.6 Å². The van der Waals surface area contributed by atoms with Gasteiger partial charge in [0.2, 0.25) is 0 Å². The summed E-state index contributed by atoms with van der Waals surface area (Å²) in [5, 5.41) is 9.21. The van der Waals surface area contributed by atoms with Gasteiger partial charge in [-0.05, 0) is 58.3 Å². The standard InChI is InChI=1S/C19H30N4O/c1-15-18(23-10-5-4-8-19(23)20-15)14-22-11-9-17(21(2)3)16(13-22)7-6-12-24/h4-5,8,10,16-17,24H,6-7,9,11-14H2,1-3H3/t16-,17+/m0/s1. The molecule has 3 rings (SSSR count). The molecule has 1 saturated heterocycles. The average Bonchev–Trinajstić information content (AvgIpc) is 2.88. The van der Waals surface area contributed by atoms with Gasteiger partial charge in [-0.1, -0.05) is 6.07 Å². The maximum absolute atomic E-state index is 9.21. The fourth-order valence-electron chi connectivity index (χ4n) is 4.12. The molecule has 1 aliphatic heterocycles. The van der Waals surface area contributed by atoms with Crippen molar-refractivity contribution in [2.75, 3.05) is 33.8 Å². The highest BCUT2D eigenvalue weighted by Gasteiger charge is 2.30. The van der Waals surface area contributed by atoms with E-state index in [1.54, 1.807) is 0 Å². The normalized spacial score (nSPS) is 22.5. The van der Waals surface area contributed by atoms with Crippen LogP contribution < -0.4 is 0 Å². The van der Waals surface area contributed by atoms with Crippen LogP contribution in [-0.4, -0.2) is 64.1 Å². The molecule has 2 atom stereocenters. The molecule has 0 amide bonds. The van der Waals surface area contributed by atoms with Crippen molar-refractivity contribution in [1.82, 2.24) is 19.2 Å². The number of aliphatic hydroxyl groups excluding tert-OH is 1. The molecule has 0 aromatic carbocycles. The van der Waals surface area contributed by atoms with E-state index in [1.807, 2.05) is 6.07 Å². The summed E-state index contributed by atoms with van der Waals surface area (Å²) in [6.07, 6.45) is 5.30. The fraction of sp³-hybridized carbons (Fsp3) is 0.632. The van der Waals surface area contributed by atoms with Gasteiger partial charge in [0.15, 0.2) is 0 Å². The summed E-state index contributed by atoms with van der Waals surface area (Å²) in [7, 11) is 4.36. The minimum atomic E-state index is 0.295. The molecule has 132 valence electrons. The van der Waals surface area contributed by atoms with E-state index in [2.05, 4.69) is 58.5 Å². The van der Waals surface area contributed by atoms with Gasteiger partial charge in [0.1, 0.15) is 5.65 Å². The number of hydrogen-bond donors (Lipinski definition) is 1. The zero-order valence-electron chi connectivity index (χ0n) is 15.1. The summed E-state index contributed by atoms with van der Waals surface area (Å²) in [4.78, 5) is 9.61. The Bertz CT molecular complexity index is 666. The van der Waals surface area contributed by atoms with E-state index in [-0.39, 0.29) is 0 Å². The fourth-order valence-corrected chi connectivity index (χ4v) is 4.12. The number of pyridine rings is 1. The Morgan fingerprint density at radius 1 is 1.33 bits per heavy atom. The highest BCUT2D eigenvalue weighted by molar-refractivity contribution is 5.42. The van der Waals surface area contributed by atoms with Crippen molar-refractivity contribution in [2.45, 2.75) is 38.8 Å². The van der Waals surface area contributed by atoms with Crippen molar-refractivity contribution in [3.63, 3.8) is 0 Å². The first-order valence-electron chi connectivity index (χ1n) is 9.02. The maximum atomic E-state index is 9.21. The van der Waals surface area contributed by atoms with Crippen LogP contribution in [0.3, 0.4) is 0 Å². The lowest BCUT2D eigenvalue weighted by molar-refractivity contribution is 0.0708. The highest BCUT2D eigenvalue weighted by Crippen LogP contribution is 2.26. The largest absolute Gasteiger partial charge is 0.396 e. The third-order valence-corrected chi connectivity index (χ3v) is 5.38. The molecule has 0 bridgehead atoms. The summed E-state index contributed by atoms with van der Waals surface area (Å²) in [6, 6.07) is 6.80. The zero-order valence-corrected chi connectivity index (χ0v) is 15.1. The first kappa shape index (κ1) is 17.4. The number of aliphatic hydroxyl groups is 1. The van der Waals surface area contributed by atoms with Crippen LogP contribution in [0.4, 0.5) is 0 Å². The summed E-state index contributed by atoms with van der Waals surface area (Å²) in [5.74, 6) is 0.625. The molecule has 0 saturated carbocycles. The Labute approximate surface area is 144 Å². The lowest BCUT2D eigenvalue weighted by atomic mass is 9.87. The topological polar surface area (TPSA) is 44.0 Å². The molecule has 0 unspecified atom stereocenters. The van der Waals surface area contributed by atoms with E-state index >= 15 is 0 Å². The molecular formula is C19H30N4O. The highest BCUT2D eigenvalue weighted by atomic mass is 16.2. The van der Waals surface area contributed by atoms with Gasteiger partial charge in [-0.3, -0.25) is 4.90 Å².